The zero-order valence-electron chi connectivity index (χ0n) is 11.4. The number of halogens is 1. The Labute approximate surface area is 117 Å². The van der Waals surface area contributed by atoms with Crippen LogP contribution in [-0.4, -0.2) is 42.2 Å². The smallest absolute Gasteiger partial charge is 0.246 e. The molecule has 0 saturated carbocycles. The van der Waals surface area contributed by atoms with Gasteiger partial charge >= 0.3 is 0 Å². The summed E-state index contributed by atoms with van der Waals surface area (Å²) in [5, 5.41) is 9.19. The summed E-state index contributed by atoms with van der Waals surface area (Å²) in [4.78, 5) is 13.7. The number of likely N-dealkylation sites (tertiary alicyclic amines) is 1. The quantitative estimate of drug-likeness (QED) is 0.855. The van der Waals surface area contributed by atoms with E-state index in [2.05, 4.69) is 0 Å². The Morgan fingerprint density at radius 2 is 2.40 bits per heavy atom. The molecule has 5 heteroatoms. The molecule has 0 spiro atoms. The number of carbonyl (C=O) groups excluding carboxylic acids is 1. The third-order valence-electron chi connectivity index (χ3n) is 3.46. The molecule has 1 aromatic carbocycles. The van der Waals surface area contributed by atoms with E-state index in [0.717, 1.165) is 12.8 Å². The molecular formula is C15H18FNO3. The average molecular weight is 279 g/mol. The Kier molecular flexibility index (Phi) is 4.74. The van der Waals surface area contributed by atoms with Crippen LogP contribution >= 0.6 is 0 Å². The average Bonchev–Trinajstić information content (AvgIpc) is 2.94. The van der Waals surface area contributed by atoms with Crippen LogP contribution < -0.4 is 4.74 Å². The number of carbonyl (C=O) groups is 1. The topological polar surface area (TPSA) is 49.8 Å². The number of methoxy groups -OCH3 is 1. The van der Waals surface area contributed by atoms with E-state index in [4.69, 9.17) is 4.74 Å². The minimum absolute atomic E-state index is 0.00997. The van der Waals surface area contributed by atoms with Crippen molar-refractivity contribution >= 4 is 12.0 Å². The highest BCUT2D eigenvalue weighted by Gasteiger charge is 2.26. The van der Waals surface area contributed by atoms with Crippen LogP contribution in [0.4, 0.5) is 4.39 Å². The fourth-order valence-electron chi connectivity index (χ4n) is 2.36. The normalized spacial score (nSPS) is 18.8. The maximum absolute atomic E-state index is 13.3. The first-order chi connectivity index (χ1) is 9.65. The molecule has 1 fully saturated rings. The third-order valence-corrected chi connectivity index (χ3v) is 3.46. The van der Waals surface area contributed by atoms with Gasteiger partial charge < -0.3 is 14.7 Å². The predicted octanol–water partition coefficient (Wildman–Crippen LogP) is 1.83. The van der Waals surface area contributed by atoms with Crippen molar-refractivity contribution < 1.29 is 19.0 Å². The van der Waals surface area contributed by atoms with Gasteiger partial charge in [-0.1, -0.05) is 6.07 Å². The van der Waals surface area contributed by atoms with Gasteiger partial charge in [0, 0.05) is 12.6 Å². The Morgan fingerprint density at radius 1 is 1.60 bits per heavy atom. The van der Waals surface area contributed by atoms with E-state index in [0.29, 0.717) is 12.1 Å². The maximum atomic E-state index is 13.3. The Bertz CT molecular complexity index is 516. The number of nitrogens with zero attached hydrogens (tertiary/aromatic N) is 1. The lowest BCUT2D eigenvalue weighted by Crippen LogP contribution is -2.36. The van der Waals surface area contributed by atoms with Crippen LogP contribution in [0.5, 0.6) is 5.75 Å². The number of aliphatic hydroxyl groups is 1. The molecule has 0 aromatic heterocycles. The van der Waals surface area contributed by atoms with Crippen molar-refractivity contribution in [3.8, 4) is 5.75 Å². The van der Waals surface area contributed by atoms with E-state index in [1.807, 2.05) is 0 Å². The summed E-state index contributed by atoms with van der Waals surface area (Å²) in [7, 11) is 1.40. The zero-order chi connectivity index (χ0) is 14.5. The summed E-state index contributed by atoms with van der Waals surface area (Å²) in [5.74, 6) is -0.422. The minimum atomic E-state index is -0.434. The molecule has 0 radical (unpaired) electrons. The minimum Gasteiger partial charge on any atom is -0.494 e. The second-order valence-corrected chi connectivity index (χ2v) is 4.74. The van der Waals surface area contributed by atoms with Gasteiger partial charge in [0.1, 0.15) is 0 Å². The van der Waals surface area contributed by atoms with Crippen molar-refractivity contribution in [3.63, 3.8) is 0 Å². The Balaban J connectivity index is 2.07. The predicted molar refractivity (Wildman–Crippen MR) is 73.8 cm³/mol. The van der Waals surface area contributed by atoms with Crippen LogP contribution in [0.3, 0.4) is 0 Å². The van der Waals surface area contributed by atoms with Crippen molar-refractivity contribution in [2.24, 2.45) is 0 Å². The molecule has 0 bridgehead atoms. The fourth-order valence-corrected chi connectivity index (χ4v) is 2.36. The third kappa shape index (κ3) is 3.17. The highest BCUT2D eigenvalue weighted by molar-refractivity contribution is 5.92. The van der Waals surface area contributed by atoms with Crippen LogP contribution in [-0.2, 0) is 4.79 Å². The molecule has 108 valence electrons. The molecule has 1 atom stereocenters. The van der Waals surface area contributed by atoms with Crippen molar-refractivity contribution in [2.45, 2.75) is 18.9 Å². The number of amides is 1. The van der Waals surface area contributed by atoms with Crippen LogP contribution in [0, 0.1) is 5.82 Å². The first-order valence-corrected chi connectivity index (χ1v) is 6.58. The number of hydrogen-bond donors (Lipinski definition) is 1. The second kappa shape index (κ2) is 6.52. The van der Waals surface area contributed by atoms with E-state index in [9.17, 15) is 14.3 Å². The standard InChI is InChI=1S/C15H18FNO3/c1-20-14-9-11(4-6-13(14)16)5-7-15(19)17-8-2-3-12(17)10-18/h4-7,9,12,18H,2-3,8,10H2,1H3/b7-5+/t12-/m0/s1. The number of rotatable bonds is 4. The van der Waals surface area contributed by atoms with Crippen molar-refractivity contribution in [3.05, 3.63) is 35.7 Å². The number of aliphatic hydroxyl groups excluding tert-OH is 1. The lowest BCUT2D eigenvalue weighted by atomic mass is 10.2. The molecule has 20 heavy (non-hydrogen) atoms. The van der Waals surface area contributed by atoms with Gasteiger partial charge in [-0.3, -0.25) is 4.79 Å². The summed E-state index contributed by atoms with van der Waals surface area (Å²) in [6.07, 6.45) is 4.81. The highest BCUT2D eigenvalue weighted by atomic mass is 19.1. The van der Waals surface area contributed by atoms with Crippen LogP contribution in [0.15, 0.2) is 24.3 Å². The molecule has 1 aliphatic heterocycles. The largest absolute Gasteiger partial charge is 0.494 e. The van der Waals surface area contributed by atoms with Crippen LogP contribution in [0.25, 0.3) is 6.08 Å². The second-order valence-electron chi connectivity index (χ2n) is 4.74. The van der Waals surface area contributed by atoms with Gasteiger partial charge in [-0.2, -0.15) is 0 Å². The first kappa shape index (κ1) is 14.5. The van der Waals surface area contributed by atoms with Gasteiger partial charge in [0.15, 0.2) is 11.6 Å². The first-order valence-electron chi connectivity index (χ1n) is 6.58. The molecule has 1 aliphatic rings. The summed E-state index contributed by atoms with van der Waals surface area (Å²) >= 11 is 0. The van der Waals surface area contributed by atoms with Gasteiger partial charge in [-0.05, 0) is 36.6 Å². The van der Waals surface area contributed by atoms with Gasteiger partial charge in [0.25, 0.3) is 0 Å². The Hall–Kier alpha value is -1.88. The molecule has 1 heterocycles. The zero-order valence-corrected chi connectivity index (χ0v) is 11.4. The highest BCUT2D eigenvalue weighted by Crippen LogP contribution is 2.20. The van der Waals surface area contributed by atoms with E-state index >= 15 is 0 Å². The molecule has 1 saturated heterocycles. The molecule has 4 nitrogen and oxygen atoms in total. The van der Waals surface area contributed by atoms with E-state index < -0.39 is 5.82 Å². The molecule has 1 N–H and O–H groups in total. The summed E-state index contributed by atoms with van der Waals surface area (Å²) in [5.41, 5.74) is 0.691. The van der Waals surface area contributed by atoms with Crippen LogP contribution in [0.1, 0.15) is 18.4 Å². The van der Waals surface area contributed by atoms with Crippen molar-refractivity contribution in [2.75, 3.05) is 20.3 Å². The molecule has 1 aromatic rings. The van der Waals surface area contributed by atoms with Gasteiger partial charge in [-0.15, -0.1) is 0 Å². The van der Waals surface area contributed by atoms with Crippen molar-refractivity contribution in [1.82, 2.24) is 4.90 Å². The number of benzene rings is 1. The van der Waals surface area contributed by atoms with E-state index in [1.54, 1.807) is 17.0 Å². The lowest BCUT2D eigenvalue weighted by Gasteiger charge is -2.21. The molecule has 1 amide bonds. The number of hydrogen-bond acceptors (Lipinski definition) is 3. The van der Waals surface area contributed by atoms with Gasteiger partial charge in [0.05, 0.1) is 19.8 Å². The number of ether oxygens (including phenoxy) is 1. The van der Waals surface area contributed by atoms with Crippen molar-refractivity contribution in [1.29, 1.82) is 0 Å². The van der Waals surface area contributed by atoms with E-state index in [1.165, 1.54) is 25.3 Å². The monoisotopic (exact) mass is 279 g/mol. The SMILES string of the molecule is COc1cc(/C=C/C(=O)N2CCC[C@H]2CO)ccc1F. The van der Waals surface area contributed by atoms with Gasteiger partial charge in [-0.25, -0.2) is 4.39 Å². The van der Waals surface area contributed by atoms with Gasteiger partial charge in [0.2, 0.25) is 5.91 Å². The summed E-state index contributed by atoms with van der Waals surface area (Å²) in [6, 6.07) is 4.33. The van der Waals surface area contributed by atoms with E-state index in [-0.39, 0.29) is 24.3 Å². The maximum Gasteiger partial charge on any atom is 0.246 e. The lowest BCUT2D eigenvalue weighted by molar-refractivity contribution is -0.127. The Morgan fingerprint density at radius 3 is 3.10 bits per heavy atom. The molecule has 0 unspecified atom stereocenters. The summed E-state index contributed by atoms with van der Waals surface area (Å²) < 4.78 is 18.1. The molecule has 0 aliphatic carbocycles. The summed E-state index contributed by atoms with van der Waals surface area (Å²) in [6.45, 7) is 0.658. The van der Waals surface area contributed by atoms with Crippen LogP contribution in [0.2, 0.25) is 0 Å². The molecule has 2 rings (SSSR count). The fraction of sp³-hybridized carbons (Fsp3) is 0.400. The molecular weight excluding hydrogens is 261 g/mol.